The molecule has 4 aromatic rings. The first-order valence-electron chi connectivity index (χ1n) is 10.4. The molecule has 0 saturated carbocycles. The molecule has 6 nitrogen and oxygen atoms in total. The largest absolute Gasteiger partial charge is 0.418 e. The van der Waals surface area contributed by atoms with E-state index in [-0.39, 0.29) is 5.69 Å². The van der Waals surface area contributed by atoms with Crippen LogP contribution in [0.5, 0.6) is 0 Å². The Bertz CT molecular complexity index is 1310. The summed E-state index contributed by atoms with van der Waals surface area (Å²) >= 11 is 1.15. The van der Waals surface area contributed by atoms with Gasteiger partial charge >= 0.3 is 6.18 Å². The van der Waals surface area contributed by atoms with Gasteiger partial charge in [-0.05, 0) is 17.7 Å². The van der Waals surface area contributed by atoms with Crippen molar-refractivity contribution in [2.75, 3.05) is 10.7 Å². The number of alkyl halides is 3. The van der Waals surface area contributed by atoms with Crippen molar-refractivity contribution in [3.8, 4) is 11.4 Å². The van der Waals surface area contributed by atoms with Gasteiger partial charge in [0.15, 0.2) is 5.82 Å². The number of hydrogen-bond donors (Lipinski definition) is 2. The SMILES string of the molecule is O=C(Nc1ccccc1C(F)(F)F)[C@H]1Sc2nnc(-c3ccccc3)n2N[C@@H]1c1ccccc1. The Labute approximate surface area is 197 Å². The van der Waals surface area contributed by atoms with E-state index >= 15 is 0 Å². The first-order chi connectivity index (χ1) is 16.4. The highest BCUT2D eigenvalue weighted by Gasteiger charge is 2.39. The standard InChI is InChI=1S/C24H18F3N5OS/c25-24(26,27)17-13-7-8-14-18(17)28-22(33)20-19(15-9-3-1-4-10-15)31-32-21(29-30-23(32)34-20)16-11-5-2-6-12-16/h1-14,19-20,31H,(H,28,33)/t19-,20+/m1/s1. The van der Waals surface area contributed by atoms with Crippen LogP contribution in [0.15, 0.2) is 90.1 Å². The van der Waals surface area contributed by atoms with Crippen molar-refractivity contribution >= 4 is 23.4 Å². The highest BCUT2D eigenvalue weighted by atomic mass is 32.2. The van der Waals surface area contributed by atoms with Crippen LogP contribution in [0.25, 0.3) is 11.4 Å². The summed E-state index contributed by atoms with van der Waals surface area (Å²) in [5, 5.41) is 10.6. The first kappa shape index (κ1) is 22.0. The summed E-state index contributed by atoms with van der Waals surface area (Å²) in [5.74, 6) is 0.00358. The van der Waals surface area contributed by atoms with Gasteiger partial charge in [0.05, 0.1) is 17.3 Å². The third-order valence-electron chi connectivity index (χ3n) is 5.38. The van der Waals surface area contributed by atoms with Crippen LogP contribution >= 0.6 is 11.8 Å². The van der Waals surface area contributed by atoms with Crippen molar-refractivity contribution < 1.29 is 18.0 Å². The molecule has 2 N–H and O–H groups in total. The Morgan fingerprint density at radius 3 is 2.26 bits per heavy atom. The van der Waals surface area contributed by atoms with Gasteiger partial charge in [0.1, 0.15) is 5.25 Å². The van der Waals surface area contributed by atoms with Crippen molar-refractivity contribution in [3.05, 3.63) is 96.1 Å². The van der Waals surface area contributed by atoms with Crippen molar-refractivity contribution in [3.63, 3.8) is 0 Å². The molecule has 2 heterocycles. The molecule has 0 aliphatic carbocycles. The minimum atomic E-state index is -4.59. The van der Waals surface area contributed by atoms with Crippen LogP contribution in [0, 0.1) is 0 Å². The van der Waals surface area contributed by atoms with E-state index in [1.54, 1.807) is 4.68 Å². The highest BCUT2D eigenvalue weighted by molar-refractivity contribution is 8.00. The molecule has 0 saturated heterocycles. The summed E-state index contributed by atoms with van der Waals surface area (Å²) in [7, 11) is 0. The molecule has 3 aromatic carbocycles. The molecule has 1 amide bonds. The fourth-order valence-electron chi connectivity index (χ4n) is 3.78. The third kappa shape index (κ3) is 4.24. The van der Waals surface area contributed by atoms with Crippen LogP contribution in [0.3, 0.4) is 0 Å². The Morgan fingerprint density at radius 2 is 1.56 bits per heavy atom. The van der Waals surface area contributed by atoms with Gasteiger partial charge in [-0.25, -0.2) is 4.68 Å². The monoisotopic (exact) mass is 481 g/mol. The number of carbonyl (C=O) groups excluding carboxylic acids is 1. The summed E-state index contributed by atoms with van der Waals surface area (Å²) < 4.78 is 42.1. The summed E-state index contributed by atoms with van der Waals surface area (Å²) in [4.78, 5) is 13.3. The lowest BCUT2D eigenvalue weighted by Crippen LogP contribution is -2.41. The second kappa shape index (κ2) is 8.86. The normalized spacial score (nSPS) is 17.5. The highest BCUT2D eigenvalue weighted by Crippen LogP contribution is 2.40. The smallest absolute Gasteiger partial charge is 0.324 e. The van der Waals surface area contributed by atoms with Crippen molar-refractivity contribution in [2.45, 2.75) is 22.6 Å². The molecule has 0 bridgehead atoms. The number of para-hydroxylation sites is 1. The van der Waals surface area contributed by atoms with E-state index in [4.69, 9.17) is 0 Å². The van der Waals surface area contributed by atoms with E-state index < -0.39 is 28.9 Å². The zero-order valence-corrected chi connectivity index (χ0v) is 18.3. The number of halogens is 3. The average Bonchev–Trinajstić information content (AvgIpc) is 3.27. The molecular formula is C24H18F3N5OS. The van der Waals surface area contributed by atoms with E-state index in [1.807, 2.05) is 60.7 Å². The van der Waals surface area contributed by atoms with Crippen LogP contribution in [0.4, 0.5) is 18.9 Å². The molecule has 2 atom stereocenters. The number of aromatic nitrogens is 3. The number of thioether (sulfide) groups is 1. The average molecular weight is 482 g/mol. The molecule has 0 fully saturated rings. The molecule has 1 aliphatic rings. The molecule has 1 aromatic heterocycles. The zero-order chi connectivity index (χ0) is 23.7. The number of carbonyl (C=O) groups is 1. The number of anilines is 1. The second-order valence-electron chi connectivity index (χ2n) is 7.60. The molecule has 0 spiro atoms. The molecule has 34 heavy (non-hydrogen) atoms. The molecule has 1 aliphatic heterocycles. The Kier molecular flexibility index (Phi) is 5.74. The first-order valence-corrected chi connectivity index (χ1v) is 11.3. The minimum absolute atomic E-state index is 0.288. The van der Waals surface area contributed by atoms with Crippen LogP contribution < -0.4 is 10.7 Å². The predicted molar refractivity (Wildman–Crippen MR) is 124 cm³/mol. The second-order valence-corrected chi connectivity index (χ2v) is 8.70. The van der Waals surface area contributed by atoms with Crippen LogP contribution in [-0.2, 0) is 11.0 Å². The summed E-state index contributed by atoms with van der Waals surface area (Å²) in [6.45, 7) is 0. The zero-order valence-electron chi connectivity index (χ0n) is 17.5. The summed E-state index contributed by atoms with van der Waals surface area (Å²) in [5.41, 5.74) is 3.76. The molecular weight excluding hydrogens is 463 g/mol. The number of rotatable bonds is 4. The Hall–Kier alpha value is -3.79. The molecule has 172 valence electrons. The van der Waals surface area contributed by atoms with E-state index in [2.05, 4.69) is 20.9 Å². The number of benzene rings is 3. The lowest BCUT2D eigenvalue weighted by atomic mass is 10.0. The molecule has 5 rings (SSSR count). The molecule has 10 heteroatoms. The minimum Gasteiger partial charge on any atom is -0.324 e. The fraction of sp³-hybridized carbons (Fsp3) is 0.125. The van der Waals surface area contributed by atoms with Crippen molar-refractivity contribution in [1.29, 1.82) is 0 Å². The van der Waals surface area contributed by atoms with Gasteiger partial charge in [0.2, 0.25) is 11.1 Å². The lowest BCUT2D eigenvalue weighted by molar-refractivity contribution is -0.137. The maximum Gasteiger partial charge on any atom is 0.418 e. The van der Waals surface area contributed by atoms with Gasteiger partial charge in [0, 0.05) is 5.56 Å². The van der Waals surface area contributed by atoms with Crippen LogP contribution in [0.2, 0.25) is 0 Å². The van der Waals surface area contributed by atoms with Gasteiger partial charge in [-0.3, -0.25) is 4.79 Å². The maximum atomic E-state index is 13.5. The van der Waals surface area contributed by atoms with Crippen LogP contribution in [0.1, 0.15) is 17.2 Å². The Balaban J connectivity index is 1.51. The van der Waals surface area contributed by atoms with E-state index in [9.17, 15) is 18.0 Å². The number of amides is 1. The quantitative estimate of drug-likeness (QED) is 0.411. The fourth-order valence-corrected chi connectivity index (χ4v) is 4.86. The number of fused-ring (bicyclic) bond motifs is 1. The summed E-state index contributed by atoms with van der Waals surface area (Å²) in [6.07, 6.45) is -4.59. The summed E-state index contributed by atoms with van der Waals surface area (Å²) in [6, 6.07) is 23.1. The van der Waals surface area contributed by atoms with E-state index in [0.717, 1.165) is 29.0 Å². The number of hydrogen-bond acceptors (Lipinski definition) is 5. The number of nitrogens with one attached hydrogen (secondary N) is 2. The van der Waals surface area contributed by atoms with E-state index in [1.165, 1.54) is 18.2 Å². The lowest BCUT2D eigenvalue weighted by Gasteiger charge is -2.33. The van der Waals surface area contributed by atoms with Gasteiger partial charge < -0.3 is 10.7 Å². The van der Waals surface area contributed by atoms with Crippen molar-refractivity contribution in [2.24, 2.45) is 0 Å². The topological polar surface area (TPSA) is 71.8 Å². The number of nitrogens with zero attached hydrogens (tertiary/aromatic N) is 3. The third-order valence-corrected chi connectivity index (χ3v) is 6.59. The van der Waals surface area contributed by atoms with Gasteiger partial charge in [0.25, 0.3) is 0 Å². The maximum absolute atomic E-state index is 13.5. The van der Waals surface area contributed by atoms with Gasteiger partial charge in [-0.1, -0.05) is 84.6 Å². The van der Waals surface area contributed by atoms with Gasteiger partial charge in [-0.15, -0.1) is 10.2 Å². The van der Waals surface area contributed by atoms with Crippen molar-refractivity contribution in [1.82, 2.24) is 14.9 Å². The Morgan fingerprint density at radius 1 is 0.912 bits per heavy atom. The molecule has 0 unspecified atom stereocenters. The van der Waals surface area contributed by atoms with Crippen LogP contribution in [-0.4, -0.2) is 26.0 Å². The molecule has 0 radical (unpaired) electrons. The van der Waals surface area contributed by atoms with E-state index in [0.29, 0.717) is 11.0 Å². The van der Waals surface area contributed by atoms with Gasteiger partial charge in [-0.2, -0.15) is 13.2 Å². The predicted octanol–water partition coefficient (Wildman–Crippen LogP) is 5.36.